The van der Waals surface area contributed by atoms with E-state index in [1.807, 2.05) is 18.2 Å². The Morgan fingerprint density at radius 3 is 2.75 bits per heavy atom. The van der Waals surface area contributed by atoms with Gasteiger partial charge in [0.25, 0.3) is 0 Å². The minimum atomic E-state index is 0.553. The molecule has 0 heterocycles. The molecule has 0 amide bonds. The maximum atomic E-state index is 5.61. The van der Waals surface area contributed by atoms with E-state index in [0.29, 0.717) is 19.2 Å². The highest BCUT2D eigenvalue weighted by Gasteiger charge is 2.15. The van der Waals surface area contributed by atoms with Crippen molar-refractivity contribution in [3.63, 3.8) is 0 Å². The third kappa shape index (κ3) is 2.89. The molecule has 0 aliphatic heterocycles. The average Bonchev–Trinajstić information content (AvgIpc) is 2.81. The average molecular weight is 220 g/mol. The van der Waals surface area contributed by atoms with Gasteiger partial charge in [0.15, 0.2) is 0 Å². The molecule has 0 spiro atoms. The number of nitrogens with one attached hydrogen (secondary N) is 1. The summed E-state index contributed by atoms with van der Waals surface area (Å²) in [6.45, 7) is 1.13. The van der Waals surface area contributed by atoms with Gasteiger partial charge in [0.05, 0.1) is 5.69 Å². The Bertz CT molecular complexity index is 321. The smallest absolute Gasteiger partial charge is 0.142 e. The summed E-state index contributed by atoms with van der Waals surface area (Å²) in [6, 6.07) is 8.71. The van der Waals surface area contributed by atoms with Gasteiger partial charge in [-0.3, -0.25) is 0 Å². The highest BCUT2D eigenvalue weighted by Crippen LogP contribution is 2.28. The van der Waals surface area contributed by atoms with Gasteiger partial charge in [0, 0.05) is 12.6 Å². The molecule has 1 saturated carbocycles. The zero-order valence-electron chi connectivity index (χ0n) is 9.61. The van der Waals surface area contributed by atoms with Gasteiger partial charge >= 0.3 is 0 Å². The van der Waals surface area contributed by atoms with Crippen LogP contribution in [-0.4, -0.2) is 19.2 Å². The van der Waals surface area contributed by atoms with Gasteiger partial charge in [0.1, 0.15) is 12.4 Å². The SMILES string of the molecule is NCCOc1ccccc1NC1CCCC1. The van der Waals surface area contributed by atoms with Crippen molar-refractivity contribution < 1.29 is 4.74 Å². The zero-order chi connectivity index (χ0) is 11.2. The number of anilines is 1. The lowest BCUT2D eigenvalue weighted by molar-refractivity contribution is 0.329. The van der Waals surface area contributed by atoms with E-state index in [-0.39, 0.29) is 0 Å². The van der Waals surface area contributed by atoms with E-state index in [1.54, 1.807) is 0 Å². The van der Waals surface area contributed by atoms with Gasteiger partial charge in [-0.1, -0.05) is 25.0 Å². The van der Waals surface area contributed by atoms with Crippen LogP contribution in [0.15, 0.2) is 24.3 Å². The Morgan fingerprint density at radius 1 is 1.25 bits per heavy atom. The van der Waals surface area contributed by atoms with E-state index in [4.69, 9.17) is 10.5 Å². The Hall–Kier alpha value is -1.22. The lowest BCUT2D eigenvalue weighted by Crippen LogP contribution is -2.16. The monoisotopic (exact) mass is 220 g/mol. The molecule has 1 aromatic carbocycles. The highest BCUT2D eigenvalue weighted by atomic mass is 16.5. The van der Waals surface area contributed by atoms with Crippen molar-refractivity contribution in [3.8, 4) is 5.75 Å². The molecule has 0 atom stereocenters. The summed E-state index contributed by atoms with van der Waals surface area (Å²) < 4.78 is 5.61. The van der Waals surface area contributed by atoms with Gasteiger partial charge in [-0.2, -0.15) is 0 Å². The number of para-hydroxylation sites is 2. The lowest BCUT2D eigenvalue weighted by atomic mass is 10.2. The normalized spacial score (nSPS) is 16.3. The summed E-state index contributed by atoms with van der Waals surface area (Å²) in [4.78, 5) is 0. The van der Waals surface area contributed by atoms with Crippen LogP contribution in [0.2, 0.25) is 0 Å². The summed E-state index contributed by atoms with van der Waals surface area (Å²) in [5, 5.41) is 3.55. The van der Waals surface area contributed by atoms with E-state index < -0.39 is 0 Å². The largest absolute Gasteiger partial charge is 0.490 e. The first-order valence-corrected chi connectivity index (χ1v) is 6.08. The standard InChI is InChI=1S/C13H20N2O/c14-9-10-16-13-8-4-3-7-12(13)15-11-5-1-2-6-11/h3-4,7-8,11,15H,1-2,5-6,9-10,14H2. The predicted octanol–water partition coefficient (Wildman–Crippen LogP) is 2.38. The van der Waals surface area contributed by atoms with Crippen LogP contribution >= 0.6 is 0 Å². The molecule has 16 heavy (non-hydrogen) atoms. The molecule has 3 N–H and O–H groups in total. The minimum Gasteiger partial charge on any atom is -0.490 e. The van der Waals surface area contributed by atoms with Gasteiger partial charge in [-0.15, -0.1) is 0 Å². The highest BCUT2D eigenvalue weighted by molar-refractivity contribution is 5.56. The molecule has 2 rings (SSSR count). The molecule has 0 radical (unpaired) electrons. The Labute approximate surface area is 97.0 Å². The molecule has 0 saturated heterocycles. The molecule has 3 heteroatoms. The predicted molar refractivity (Wildman–Crippen MR) is 66.9 cm³/mol. The summed E-state index contributed by atoms with van der Waals surface area (Å²) in [7, 11) is 0. The molecule has 3 nitrogen and oxygen atoms in total. The van der Waals surface area contributed by atoms with Crippen molar-refractivity contribution in [1.82, 2.24) is 0 Å². The third-order valence-corrected chi connectivity index (χ3v) is 2.98. The fraction of sp³-hybridized carbons (Fsp3) is 0.538. The van der Waals surface area contributed by atoms with Crippen molar-refractivity contribution in [2.75, 3.05) is 18.5 Å². The fourth-order valence-electron chi connectivity index (χ4n) is 2.17. The fourth-order valence-corrected chi connectivity index (χ4v) is 2.17. The van der Waals surface area contributed by atoms with E-state index in [2.05, 4.69) is 11.4 Å². The maximum absolute atomic E-state index is 5.61. The topological polar surface area (TPSA) is 47.3 Å². The van der Waals surface area contributed by atoms with Crippen molar-refractivity contribution in [2.24, 2.45) is 5.73 Å². The van der Waals surface area contributed by atoms with Crippen LogP contribution in [0.4, 0.5) is 5.69 Å². The van der Waals surface area contributed by atoms with Gasteiger partial charge < -0.3 is 15.8 Å². The first-order valence-electron chi connectivity index (χ1n) is 6.08. The second-order valence-electron chi connectivity index (χ2n) is 4.26. The van der Waals surface area contributed by atoms with E-state index in [1.165, 1.54) is 25.7 Å². The molecular formula is C13H20N2O. The lowest BCUT2D eigenvalue weighted by Gasteiger charge is -2.17. The zero-order valence-corrected chi connectivity index (χ0v) is 9.61. The van der Waals surface area contributed by atoms with Crippen LogP contribution < -0.4 is 15.8 Å². The number of hydrogen-bond donors (Lipinski definition) is 2. The van der Waals surface area contributed by atoms with Crippen molar-refractivity contribution in [3.05, 3.63) is 24.3 Å². The molecule has 1 aliphatic rings. The third-order valence-electron chi connectivity index (χ3n) is 2.98. The van der Waals surface area contributed by atoms with Crippen molar-refractivity contribution in [1.29, 1.82) is 0 Å². The maximum Gasteiger partial charge on any atom is 0.142 e. The first kappa shape index (κ1) is 11.3. The van der Waals surface area contributed by atoms with E-state index in [9.17, 15) is 0 Å². The molecule has 1 aromatic rings. The molecule has 1 aliphatic carbocycles. The second kappa shape index (κ2) is 5.75. The van der Waals surface area contributed by atoms with Crippen LogP contribution in [0.5, 0.6) is 5.75 Å². The number of nitrogens with two attached hydrogens (primary N) is 1. The quantitative estimate of drug-likeness (QED) is 0.801. The number of ether oxygens (including phenoxy) is 1. The Balaban J connectivity index is 2.00. The molecule has 88 valence electrons. The van der Waals surface area contributed by atoms with E-state index in [0.717, 1.165) is 11.4 Å². The van der Waals surface area contributed by atoms with Crippen LogP contribution in [0.1, 0.15) is 25.7 Å². The first-order chi connectivity index (χ1) is 7.90. The number of hydrogen-bond acceptors (Lipinski definition) is 3. The van der Waals surface area contributed by atoms with Crippen LogP contribution in [0.3, 0.4) is 0 Å². The van der Waals surface area contributed by atoms with Crippen molar-refractivity contribution >= 4 is 5.69 Å². The summed E-state index contributed by atoms with van der Waals surface area (Å²) in [6.07, 6.45) is 5.21. The Kier molecular flexibility index (Phi) is 4.05. The number of rotatable bonds is 5. The molecular weight excluding hydrogens is 200 g/mol. The van der Waals surface area contributed by atoms with Crippen LogP contribution in [0, 0.1) is 0 Å². The van der Waals surface area contributed by atoms with Crippen molar-refractivity contribution in [2.45, 2.75) is 31.7 Å². The second-order valence-corrected chi connectivity index (χ2v) is 4.26. The molecule has 0 unspecified atom stereocenters. The number of benzene rings is 1. The Morgan fingerprint density at radius 2 is 2.00 bits per heavy atom. The van der Waals surface area contributed by atoms with Crippen LogP contribution in [-0.2, 0) is 0 Å². The van der Waals surface area contributed by atoms with Gasteiger partial charge in [-0.05, 0) is 25.0 Å². The van der Waals surface area contributed by atoms with Gasteiger partial charge in [0.2, 0.25) is 0 Å². The summed E-state index contributed by atoms with van der Waals surface area (Å²) >= 11 is 0. The van der Waals surface area contributed by atoms with Gasteiger partial charge in [-0.25, -0.2) is 0 Å². The summed E-state index contributed by atoms with van der Waals surface area (Å²) in [5.41, 5.74) is 6.54. The summed E-state index contributed by atoms with van der Waals surface area (Å²) in [5.74, 6) is 0.917. The molecule has 0 aromatic heterocycles. The minimum absolute atomic E-state index is 0.553. The molecule has 0 bridgehead atoms. The van der Waals surface area contributed by atoms with E-state index >= 15 is 0 Å². The molecule has 1 fully saturated rings. The van der Waals surface area contributed by atoms with Crippen LogP contribution in [0.25, 0.3) is 0 Å².